The van der Waals surface area contributed by atoms with E-state index in [9.17, 15) is 0 Å². The fourth-order valence-electron chi connectivity index (χ4n) is 1.66. The van der Waals surface area contributed by atoms with Crippen LogP contribution < -0.4 is 34.0 Å². The second-order valence-corrected chi connectivity index (χ2v) is 2.81. The fraction of sp³-hybridized carbons (Fsp3) is 0.444. The number of hydrogen-bond donors (Lipinski definition) is 0. The molecular formula is C9H11Br2Zr. The van der Waals surface area contributed by atoms with Crippen molar-refractivity contribution in [3.05, 3.63) is 30.2 Å². The summed E-state index contributed by atoms with van der Waals surface area (Å²) in [5, 5.41) is 0. The van der Waals surface area contributed by atoms with Gasteiger partial charge in [-0.3, -0.25) is 0 Å². The largest absolute Gasteiger partial charge is 3.00 e. The zero-order chi connectivity index (χ0) is 6.10. The number of rotatable bonds is 0. The zero-order valence-electron chi connectivity index (χ0n) is 6.76. The number of hydrogen-bond acceptors (Lipinski definition) is 0. The molecule has 0 amide bonds. The molecule has 0 N–H and O–H groups in total. The molecule has 0 aliphatic heterocycles. The molecule has 2 aliphatic rings. The SMILES string of the molecule is C1=CCC2CC[CH-]C2=C1.[Br-].[Br-].[Zr+3]. The molecule has 12 heavy (non-hydrogen) atoms. The fourth-order valence-corrected chi connectivity index (χ4v) is 1.66. The third kappa shape index (κ3) is 3.51. The molecule has 0 bridgehead atoms. The average Bonchev–Trinajstić information content (AvgIpc) is 2.33. The zero-order valence-corrected chi connectivity index (χ0v) is 12.4. The van der Waals surface area contributed by atoms with E-state index in [-0.39, 0.29) is 60.2 Å². The summed E-state index contributed by atoms with van der Waals surface area (Å²) >= 11 is 0. The first-order valence-electron chi connectivity index (χ1n) is 3.67. The van der Waals surface area contributed by atoms with E-state index in [4.69, 9.17) is 0 Å². The molecular weight excluding hydrogens is 359 g/mol. The Hall–Kier alpha value is 1.19. The van der Waals surface area contributed by atoms with Crippen LogP contribution in [-0.4, -0.2) is 0 Å². The summed E-state index contributed by atoms with van der Waals surface area (Å²) in [4.78, 5) is 0. The van der Waals surface area contributed by atoms with Crippen LogP contribution in [-0.2, 0) is 26.2 Å². The molecule has 0 nitrogen and oxygen atoms in total. The second-order valence-electron chi connectivity index (χ2n) is 2.81. The van der Waals surface area contributed by atoms with E-state index in [2.05, 4.69) is 24.6 Å². The molecule has 3 heteroatoms. The van der Waals surface area contributed by atoms with Gasteiger partial charge in [0.15, 0.2) is 0 Å². The van der Waals surface area contributed by atoms with Gasteiger partial charge < -0.3 is 34.0 Å². The first kappa shape index (κ1) is 15.7. The van der Waals surface area contributed by atoms with E-state index in [1.165, 1.54) is 19.3 Å². The van der Waals surface area contributed by atoms with Gasteiger partial charge in [-0.25, -0.2) is 18.1 Å². The molecule has 1 unspecified atom stereocenters. The van der Waals surface area contributed by atoms with Crippen molar-refractivity contribution >= 4 is 0 Å². The quantitative estimate of drug-likeness (QED) is 0.388. The van der Waals surface area contributed by atoms with Gasteiger partial charge in [0.1, 0.15) is 0 Å². The van der Waals surface area contributed by atoms with Crippen LogP contribution in [0, 0.1) is 12.3 Å². The molecule has 0 saturated heterocycles. The van der Waals surface area contributed by atoms with E-state index in [0.717, 1.165) is 5.92 Å². The molecule has 0 spiro atoms. The van der Waals surface area contributed by atoms with Crippen LogP contribution in [0.25, 0.3) is 0 Å². The first-order valence-corrected chi connectivity index (χ1v) is 3.67. The van der Waals surface area contributed by atoms with Crippen molar-refractivity contribution in [1.29, 1.82) is 0 Å². The summed E-state index contributed by atoms with van der Waals surface area (Å²) in [6.07, 6.45) is 13.0. The minimum absolute atomic E-state index is 0. The molecule has 1 radical (unpaired) electrons. The van der Waals surface area contributed by atoms with Crippen molar-refractivity contribution in [2.45, 2.75) is 19.3 Å². The summed E-state index contributed by atoms with van der Waals surface area (Å²) in [7, 11) is 0. The molecule has 0 aromatic heterocycles. The third-order valence-electron chi connectivity index (χ3n) is 2.21. The van der Waals surface area contributed by atoms with Gasteiger partial charge in [-0.1, -0.05) is 6.42 Å². The van der Waals surface area contributed by atoms with E-state index in [1.807, 2.05) is 0 Å². The Balaban J connectivity index is 0. The predicted molar refractivity (Wildman–Crippen MR) is 38.9 cm³/mol. The molecule has 2 aliphatic carbocycles. The Morgan fingerprint density at radius 1 is 1.33 bits per heavy atom. The maximum absolute atomic E-state index is 2.37. The number of allylic oxidation sites excluding steroid dienone is 4. The molecule has 0 aromatic rings. The van der Waals surface area contributed by atoms with Gasteiger partial charge in [-0.15, -0.1) is 18.6 Å². The average molecular weight is 370 g/mol. The molecule has 0 aromatic carbocycles. The molecule has 65 valence electrons. The Bertz CT molecular complexity index is 175. The standard InChI is InChI=1S/C9H11.2BrH.Zr/c1-2-5-9-7-3-6-8(9)4-1;;;/h1-2,4,6,9H,3,5,7H2;2*1H;/q-1;;;+3/p-2. The van der Waals surface area contributed by atoms with Gasteiger partial charge in [0, 0.05) is 0 Å². The monoisotopic (exact) mass is 367 g/mol. The normalized spacial score (nSPS) is 23.3. The van der Waals surface area contributed by atoms with Crippen molar-refractivity contribution in [3.63, 3.8) is 0 Å². The van der Waals surface area contributed by atoms with Gasteiger partial charge in [0.05, 0.1) is 0 Å². The maximum atomic E-state index is 2.37. The van der Waals surface area contributed by atoms with Crippen molar-refractivity contribution in [1.82, 2.24) is 0 Å². The van der Waals surface area contributed by atoms with Crippen LogP contribution in [0.5, 0.6) is 0 Å². The summed E-state index contributed by atoms with van der Waals surface area (Å²) in [5.74, 6) is 0.884. The van der Waals surface area contributed by atoms with E-state index >= 15 is 0 Å². The van der Waals surface area contributed by atoms with E-state index in [0.29, 0.717) is 0 Å². The summed E-state index contributed by atoms with van der Waals surface area (Å²) < 4.78 is 0. The molecule has 1 fully saturated rings. The van der Waals surface area contributed by atoms with Gasteiger partial charge in [-0.2, -0.15) is 0 Å². The van der Waals surface area contributed by atoms with Crippen molar-refractivity contribution in [2.24, 2.45) is 5.92 Å². The van der Waals surface area contributed by atoms with Gasteiger partial charge in [-0.05, 0) is 12.3 Å². The van der Waals surface area contributed by atoms with Crippen LogP contribution in [0.3, 0.4) is 0 Å². The summed E-state index contributed by atoms with van der Waals surface area (Å²) in [6.45, 7) is 0. The minimum Gasteiger partial charge on any atom is -1.00 e. The maximum Gasteiger partial charge on any atom is 3.00 e. The molecule has 0 heterocycles. The van der Waals surface area contributed by atoms with Gasteiger partial charge in [0.2, 0.25) is 0 Å². The topological polar surface area (TPSA) is 0 Å². The summed E-state index contributed by atoms with van der Waals surface area (Å²) in [5.41, 5.74) is 1.58. The molecule has 2 rings (SSSR count). The van der Waals surface area contributed by atoms with Crippen LogP contribution >= 0.6 is 0 Å². The third-order valence-corrected chi connectivity index (χ3v) is 2.21. The van der Waals surface area contributed by atoms with Crippen LogP contribution in [0.4, 0.5) is 0 Å². The van der Waals surface area contributed by atoms with Crippen LogP contribution in [0.2, 0.25) is 0 Å². The summed E-state index contributed by atoms with van der Waals surface area (Å²) in [6, 6.07) is 0. The minimum atomic E-state index is 0. The Kier molecular flexibility index (Phi) is 9.89. The first-order chi connectivity index (χ1) is 4.47. The number of fused-ring (bicyclic) bond motifs is 1. The van der Waals surface area contributed by atoms with Crippen LogP contribution in [0.1, 0.15) is 19.3 Å². The second kappa shape index (κ2) is 7.58. The van der Waals surface area contributed by atoms with Gasteiger partial charge >= 0.3 is 26.2 Å². The van der Waals surface area contributed by atoms with Crippen LogP contribution in [0.15, 0.2) is 23.8 Å². The predicted octanol–water partition coefficient (Wildman–Crippen LogP) is -3.51. The van der Waals surface area contributed by atoms with Crippen molar-refractivity contribution in [3.8, 4) is 0 Å². The smallest absolute Gasteiger partial charge is 1.00 e. The number of halogens is 2. The molecule has 1 saturated carbocycles. The van der Waals surface area contributed by atoms with E-state index < -0.39 is 0 Å². The van der Waals surface area contributed by atoms with Gasteiger partial charge in [0.25, 0.3) is 0 Å². The molecule has 1 atom stereocenters. The Morgan fingerprint density at radius 3 is 2.75 bits per heavy atom. The Labute approximate surface area is 115 Å². The van der Waals surface area contributed by atoms with Crippen molar-refractivity contribution in [2.75, 3.05) is 0 Å². The van der Waals surface area contributed by atoms with E-state index in [1.54, 1.807) is 5.57 Å². The Morgan fingerprint density at radius 2 is 2.08 bits per heavy atom. The van der Waals surface area contributed by atoms with Crippen molar-refractivity contribution < 1.29 is 60.2 Å².